The Bertz CT molecular complexity index is 631. The van der Waals surface area contributed by atoms with Gasteiger partial charge in [0.2, 0.25) is 0 Å². The standard InChI is InChI=1S/C16H18N2O3/c1-16(2,21)12-8-6-11(7-9-12)10-17-14-5-3-4-13(18-14)15(19)20/h3-9,21H,10H2,1-2H3,(H,17,18)(H,19,20). The third-order valence-electron chi connectivity index (χ3n) is 3.10. The molecule has 0 saturated heterocycles. The summed E-state index contributed by atoms with van der Waals surface area (Å²) in [4.78, 5) is 14.8. The van der Waals surface area contributed by atoms with E-state index >= 15 is 0 Å². The fourth-order valence-electron chi connectivity index (χ4n) is 1.88. The maximum Gasteiger partial charge on any atom is 0.354 e. The van der Waals surface area contributed by atoms with E-state index in [9.17, 15) is 9.90 Å². The zero-order valence-corrected chi connectivity index (χ0v) is 12.0. The normalized spacial score (nSPS) is 11.2. The number of rotatable bonds is 5. The molecule has 5 nitrogen and oxygen atoms in total. The summed E-state index contributed by atoms with van der Waals surface area (Å²) in [5.74, 6) is -0.533. The van der Waals surface area contributed by atoms with Crippen molar-refractivity contribution in [2.75, 3.05) is 5.32 Å². The summed E-state index contributed by atoms with van der Waals surface area (Å²) in [6, 6.07) is 12.4. The minimum absolute atomic E-state index is 0.0115. The number of pyridine rings is 1. The van der Waals surface area contributed by atoms with Gasteiger partial charge in [0.15, 0.2) is 5.69 Å². The molecule has 5 heteroatoms. The van der Waals surface area contributed by atoms with Gasteiger partial charge in [-0.1, -0.05) is 30.3 Å². The van der Waals surface area contributed by atoms with Crippen LogP contribution in [0.1, 0.15) is 35.5 Å². The van der Waals surface area contributed by atoms with Gasteiger partial charge in [0.25, 0.3) is 0 Å². The van der Waals surface area contributed by atoms with Crippen LogP contribution in [0.15, 0.2) is 42.5 Å². The van der Waals surface area contributed by atoms with Crippen molar-refractivity contribution in [1.29, 1.82) is 0 Å². The first-order valence-corrected chi connectivity index (χ1v) is 6.62. The van der Waals surface area contributed by atoms with Crippen LogP contribution in [0.4, 0.5) is 5.82 Å². The quantitative estimate of drug-likeness (QED) is 0.787. The Morgan fingerprint density at radius 3 is 2.43 bits per heavy atom. The SMILES string of the molecule is CC(C)(O)c1ccc(CNc2cccc(C(=O)O)n2)cc1. The number of carbonyl (C=O) groups is 1. The van der Waals surface area contributed by atoms with Gasteiger partial charge < -0.3 is 15.5 Å². The van der Waals surface area contributed by atoms with Crippen molar-refractivity contribution in [3.63, 3.8) is 0 Å². The van der Waals surface area contributed by atoms with Gasteiger partial charge in [-0.05, 0) is 37.1 Å². The first kappa shape index (κ1) is 15.0. The van der Waals surface area contributed by atoms with Crippen LogP contribution < -0.4 is 5.32 Å². The molecule has 0 radical (unpaired) electrons. The fourth-order valence-corrected chi connectivity index (χ4v) is 1.88. The van der Waals surface area contributed by atoms with Crippen LogP contribution in [0, 0.1) is 0 Å². The van der Waals surface area contributed by atoms with Crippen LogP contribution in [0.5, 0.6) is 0 Å². The van der Waals surface area contributed by atoms with Gasteiger partial charge in [0.1, 0.15) is 5.82 Å². The third kappa shape index (κ3) is 4.03. The molecule has 0 fully saturated rings. The summed E-state index contributed by atoms with van der Waals surface area (Å²) in [6.07, 6.45) is 0. The lowest BCUT2D eigenvalue weighted by Gasteiger charge is -2.18. The van der Waals surface area contributed by atoms with Crippen LogP contribution in [-0.4, -0.2) is 21.2 Å². The number of benzene rings is 1. The monoisotopic (exact) mass is 286 g/mol. The van der Waals surface area contributed by atoms with E-state index in [0.717, 1.165) is 11.1 Å². The van der Waals surface area contributed by atoms with Crippen molar-refractivity contribution in [2.24, 2.45) is 0 Å². The van der Waals surface area contributed by atoms with Crippen LogP contribution in [0.25, 0.3) is 0 Å². The molecule has 3 N–H and O–H groups in total. The van der Waals surface area contributed by atoms with Crippen molar-refractivity contribution in [3.05, 3.63) is 59.3 Å². The first-order chi connectivity index (χ1) is 9.86. The highest BCUT2D eigenvalue weighted by Crippen LogP contribution is 2.20. The molecule has 0 aliphatic carbocycles. The third-order valence-corrected chi connectivity index (χ3v) is 3.10. The second kappa shape index (κ2) is 5.93. The lowest BCUT2D eigenvalue weighted by atomic mass is 9.97. The van der Waals surface area contributed by atoms with Crippen molar-refractivity contribution >= 4 is 11.8 Å². The highest BCUT2D eigenvalue weighted by atomic mass is 16.4. The molecule has 0 spiro atoms. The van der Waals surface area contributed by atoms with Gasteiger partial charge in [-0.3, -0.25) is 0 Å². The van der Waals surface area contributed by atoms with Crippen molar-refractivity contribution in [2.45, 2.75) is 26.0 Å². The molecule has 0 bridgehead atoms. The molecular formula is C16H18N2O3. The number of anilines is 1. The maximum absolute atomic E-state index is 10.8. The molecule has 0 aliphatic heterocycles. The van der Waals surface area contributed by atoms with E-state index in [1.807, 2.05) is 24.3 Å². The molecule has 110 valence electrons. The minimum Gasteiger partial charge on any atom is -0.477 e. The van der Waals surface area contributed by atoms with Gasteiger partial charge in [0, 0.05) is 6.54 Å². The molecule has 21 heavy (non-hydrogen) atoms. The molecule has 0 amide bonds. The van der Waals surface area contributed by atoms with Gasteiger partial charge in [-0.15, -0.1) is 0 Å². The van der Waals surface area contributed by atoms with E-state index < -0.39 is 11.6 Å². The Hall–Kier alpha value is -2.40. The molecule has 0 atom stereocenters. The molecule has 0 saturated carbocycles. The summed E-state index contributed by atoms with van der Waals surface area (Å²) in [5.41, 5.74) is 1.02. The van der Waals surface area contributed by atoms with E-state index in [1.165, 1.54) is 6.07 Å². The van der Waals surface area contributed by atoms with E-state index in [4.69, 9.17) is 5.11 Å². The smallest absolute Gasteiger partial charge is 0.354 e. The highest BCUT2D eigenvalue weighted by molar-refractivity contribution is 5.85. The Morgan fingerprint density at radius 1 is 1.19 bits per heavy atom. The fraction of sp³-hybridized carbons (Fsp3) is 0.250. The first-order valence-electron chi connectivity index (χ1n) is 6.62. The van der Waals surface area contributed by atoms with Crippen LogP contribution in [0.2, 0.25) is 0 Å². The average Bonchev–Trinajstić information content (AvgIpc) is 2.45. The van der Waals surface area contributed by atoms with Crippen LogP contribution in [0.3, 0.4) is 0 Å². The van der Waals surface area contributed by atoms with Gasteiger partial charge in [-0.2, -0.15) is 0 Å². The van der Waals surface area contributed by atoms with Gasteiger partial charge in [-0.25, -0.2) is 9.78 Å². The maximum atomic E-state index is 10.8. The van der Waals surface area contributed by atoms with Crippen molar-refractivity contribution in [1.82, 2.24) is 4.98 Å². The topological polar surface area (TPSA) is 82.5 Å². The largest absolute Gasteiger partial charge is 0.477 e. The Kier molecular flexibility index (Phi) is 4.23. The van der Waals surface area contributed by atoms with Crippen molar-refractivity contribution < 1.29 is 15.0 Å². The number of nitrogens with one attached hydrogen (secondary N) is 1. The molecule has 2 rings (SSSR count). The highest BCUT2D eigenvalue weighted by Gasteiger charge is 2.14. The van der Waals surface area contributed by atoms with Crippen LogP contribution in [-0.2, 0) is 12.1 Å². The molecule has 1 aromatic carbocycles. The zero-order chi connectivity index (χ0) is 15.5. The summed E-state index contributed by atoms with van der Waals surface area (Å²) in [5, 5.41) is 21.9. The number of nitrogens with zero attached hydrogens (tertiary/aromatic N) is 1. The number of hydrogen-bond acceptors (Lipinski definition) is 4. The molecule has 0 unspecified atom stereocenters. The lowest BCUT2D eigenvalue weighted by Crippen LogP contribution is -2.15. The number of carboxylic acid groups (broad SMARTS) is 1. The molecule has 0 aliphatic rings. The lowest BCUT2D eigenvalue weighted by molar-refractivity contribution is 0.0690. The summed E-state index contributed by atoms with van der Waals surface area (Å²) < 4.78 is 0. The minimum atomic E-state index is -1.05. The average molecular weight is 286 g/mol. The Labute approximate surface area is 123 Å². The Balaban J connectivity index is 2.03. The van der Waals surface area contributed by atoms with Gasteiger partial charge in [0.05, 0.1) is 5.60 Å². The van der Waals surface area contributed by atoms with Gasteiger partial charge >= 0.3 is 5.97 Å². The zero-order valence-electron chi connectivity index (χ0n) is 12.0. The Morgan fingerprint density at radius 2 is 1.86 bits per heavy atom. The van der Waals surface area contributed by atoms with E-state index in [2.05, 4.69) is 10.3 Å². The predicted octanol–water partition coefficient (Wildman–Crippen LogP) is 2.62. The summed E-state index contributed by atoms with van der Waals surface area (Å²) in [7, 11) is 0. The van der Waals surface area contributed by atoms with E-state index in [0.29, 0.717) is 12.4 Å². The molecule has 1 aromatic heterocycles. The van der Waals surface area contributed by atoms with E-state index in [-0.39, 0.29) is 5.69 Å². The molecule has 2 aromatic rings. The van der Waals surface area contributed by atoms with Crippen LogP contribution >= 0.6 is 0 Å². The van der Waals surface area contributed by atoms with Crippen molar-refractivity contribution in [3.8, 4) is 0 Å². The number of aromatic nitrogens is 1. The number of aliphatic hydroxyl groups is 1. The number of carboxylic acids is 1. The predicted molar refractivity (Wildman–Crippen MR) is 80.2 cm³/mol. The molecular weight excluding hydrogens is 268 g/mol. The van der Waals surface area contributed by atoms with E-state index in [1.54, 1.807) is 26.0 Å². The summed E-state index contributed by atoms with van der Waals surface area (Å²) in [6.45, 7) is 4.01. The summed E-state index contributed by atoms with van der Waals surface area (Å²) >= 11 is 0. The molecule has 1 heterocycles. The number of aromatic carboxylic acids is 1. The number of hydrogen-bond donors (Lipinski definition) is 3. The second-order valence-electron chi connectivity index (χ2n) is 5.32. The second-order valence-corrected chi connectivity index (χ2v) is 5.32.